The zero-order valence-corrected chi connectivity index (χ0v) is 14.7. The number of β-amino-alcohol motifs (C(OH)–C–C–N with tert-alkyl or cyclic N) is 1. The fourth-order valence-electron chi connectivity index (χ4n) is 2.94. The minimum Gasteiger partial charge on any atom is -0.381 e. The molecule has 1 unspecified atom stereocenters. The Hall–Kier alpha value is -2.48. The van der Waals surface area contributed by atoms with Crippen LogP contribution in [0.15, 0.2) is 29.3 Å². The second-order valence-corrected chi connectivity index (χ2v) is 6.94. The Kier molecular flexibility index (Phi) is 4.47. The Bertz CT molecular complexity index is 841. The van der Waals surface area contributed by atoms with Gasteiger partial charge in [-0.05, 0) is 32.4 Å². The number of rotatable bonds is 4. The Labute approximate surface area is 145 Å². The van der Waals surface area contributed by atoms with Gasteiger partial charge in [-0.25, -0.2) is 4.68 Å². The van der Waals surface area contributed by atoms with E-state index in [0.29, 0.717) is 18.7 Å². The summed E-state index contributed by atoms with van der Waals surface area (Å²) >= 11 is 0. The average Bonchev–Trinajstić information content (AvgIpc) is 3.18. The molecular formula is C17H23N5O3. The van der Waals surface area contributed by atoms with Crippen LogP contribution in [0.2, 0.25) is 0 Å². The van der Waals surface area contributed by atoms with Gasteiger partial charge in [-0.1, -0.05) is 5.21 Å². The van der Waals surface area contributed by atoms with E-state index in [1.165, 1.54) is 10.6 Å². The Balaban J connectivity index is 1.70. The molecule has 0 radical (unpaired) electrons. The van der Waals surface area contributed by atoms with Crippen LogP contribution in [0.4, 0.5) is 0 Å². The van der Waals surface area contributed by atoms with Gasteiger partial charge in [-0.3, -0.25) is 9.59 Å². The molecule has 1 saturated heterocycles. The molecule has 1 aliphatic rings. The molecule has 1 atom stereocenters. The van der Waals surface area contributed by atoms with Crippen molar-refractivity contribution < 1.29 is 9.90 Å². The normalized spacial score (nSPS) is 20.4. The highest BCUT2D eigenvalue weighted by Crippen LogP contribution is 2.30. The summed E-state index contributed by atoms with van der Waals surface area (Å²) in [5.74, 6) is -0.196. The van der Waals surface area contributed by atoms with Crippen molar-refractivity contribution in [3.8, 4) is 0 Å². The van der Waals surface area contributed by atoms with E-state index in [0.717, 1.165) is 5.56 Å². The van der Waals surface area contributed by atoms with E-state index >= 15 is 0 Å². The van der Waals surface area contributed by atoms with Gasteiger partial charge >= 0.3 is 0 Å². The molecular weight excluding hydrogens is 322 g/mol. The number of carbonyl (C=O) groups excluding carboxylic acids is 1. The maximum Gasteiger partial charge on any atom is 0.251 e. The maximum atomic E-state index is 12.5. The van der Waals surface area contributed by atoms with Crippen molar-refractivity contribution in [3.63, 3.8) is 0 Å². The monoisotopic (exact) mass is 345 g/mol. The van der Waals surface area contributed by atoms with Gasteiger partial charge in [-0.2, -0.15) is 0 Å². The highest BCUT2D eigenvalue weighted by Gasteiger charge is 2.41. The standard InChI is InChI=1S/C17H23N5O3/c1-12(2)22-9-14(18-19-22)17(25)5-7-21(11-17)16(24)10-20-6-4-13(3)8-15(20)23/h4,6,8-9,12,25H,5,7,10-11H2,1-3H3. The van der Waals surface area contributed by atoms with E-state index in [9.17, 15) is 14.7 Å². The van der Waals surface area contributed by atoms with Crippen LogP contribution in [0.1, 0.15) is 37.6 Å². The van der Waals surface area contributed by atoms with Crippen molar-refractivity contribution in [1.82, 2.24) is 24.5 Å². The lowest BCUT2D eigenvalue weighted by atomic mass is 10.00. The number of nitrogens with zero attached hydrogens (tertiary/aromatic N) is 5. The molecule has 2 aromatic heterocycles. The summed E-state index contributed by atoms with van der Waals surface area (Å²) < 4.78 is 3.06. The molecule has 3 heterocycles. The van der Waals surface area contributed by atoms with Gasteiger partial charge in [0.05, 0.1) is 12.7 Å². The van der Waals surface area contributed by atoms with Crippen LogP contribution < -0.4 is 5.56 Å². The van der Waals surface area contributed by atoms with Gasteiger partial charge in [0.25, 0.3) is 5.56 Å². The Morgan fingerprint density at radius 3 is 2.84 bits per heavy atom. The number of aliphatic hydroxyl groups is 1. The molecule has 0 bridgehead atoms. The van der Waals surface area contributed by atoms with E-state index in [4.69, 9.17) is 0 Å². The lowest BCUT2D eigenvalue weighted by Gasteiger charge is -2.21. The van der Waals surface area contributed by atoms with E-state index < -0.39 is 5.60 Å². The average molecular weight is 345 g/mol. The predicted octanol–water partition coefficient (Wildman–Crippen LogP) is 0.449. The summed E-state index contributed by atoms with van der Waals surface area (Å²) in [6.07, 6.45) is 3.74. The number of amides is 1. The molecule has 1 amide bonds. The number of likely N-dealkylation sites (tertiary alicyclic amines) is 1. The van der Waals surface area contributed by atoms with Crippen LogP contribution in [0.5, 0.6) is 0 Å². The van der Waals surface area contributed by atoms with Crippen molar-refractivity contribution in [1.29, 1.82) is 0 Å². The van der Waals surface area contributed by atoms with Crippen molar-refractivity contribution in [2.45, 2.75) is 45.4 Å². The molecule has 0 aromatic carbocycles. The third-order valence-electron chi connectivity index (χ3n) is 4.57. The van der Waals surface area contributed by atoms with Crippen molar-refractivity contribution in [2.24, 2.45) is 0 Å². The number of carbonyl (C=O) groups is 1. The van der Waals surface area contributed by atoms with Crippen molar-refractivity contribution in [3.05, 3.63) is 46.1 Å². The predicted molar refractivity (Wildman–Crippen MR) is 90.9 cm³/mol. The van der Waals surface area contributed by atoms with Crippen LogP contribution in [0.25, 0.3) is 0 Å². The molecule has 0 aliphatic carbocycles. The highest BCUT2D eigenvalue weighted by molar-refractivity contribution is 5.76. The third-order valence-corrected chi connectivity index (χ3v) is 4.57. The summed E-state index contributed by atoms with van der Waals surface area (Å²) in [6.45, 7) is 6.33. The minimum absolute atomic E-state index is 0.0339. The maximum absolute atomic E-state index is 12.5. The molecule has 8 heteroatoms. The SMILES string of the molecule is Cc1ccn(CC(=O)N2CCC(O)(c3cn(C(C)C)nn3)C2)c(=O)c1. The quantitative estimate of drug-likeness (QED) is 0.868. The molecule has 0 saturated carbocycles. The van der Waals surface area contributed by atoms with Crippen LogP contribution in [-0.2, 0) is 16.9 Å². The summed E-state index contributed by atoms with van der Waals surface area (Å²) in [5.41, 5.74) is -0.0646. The summed E-state index contributed by atoms with van der Waals surface area (Å²) in [6, 6.07) is 3.44. The fourth-order valence-corrected chi connectivity index (χ4v) is 2.94. The summed E-state index contributed by atoms with van der Waals surface area (Å²) in [4.78, 5) is 26.0. The highest BCUT2D eigenvalue weighted by atomic mass is 16.3. The van der Waals surface area contributed by atoms with Gasteiger partial charge in [0, 0.05) is 31.3 Å². The van der Waals surface area contributed by atoms with Gasteiger partial charge in [0.15, 0.2) is 0 Å². The van der Waals surface area contributed by atoms with E-state index in [2.05, 4.69) is 10.3 Å². The Morgan fingerprint density at radius 2 is 2.20 bits per heavy atom. The molecule has 1 fully saturated rings. The van der Waals surface area contributed by atoms with E-state index in [-0.39, 0.29) is 30.6 Å². The summed E-state index contributed by atoms with van der Waals surface area (Å²) in [7, 11) is 0. The molecule has 8 nitrogen and oxygen atoms in total. The molecule has 1 aliphatic heterocycles. The molecule has 3 rings (SSSR count). The first-order chi connectivity index (χ1) is 11.8. The smallest absolute Gasteiger partial charge is 0.251 e. The van der Waals surface area contributed by atoms with Crippen molar-refractivity contribution in [2.75, 3.05) is 13.1 Å². The summed E-state index contributed by atoms with van der Waals surface area (Å²) in [5, 5.41) is 18.9. The van der Waals surface area contributed by atoms with Gasteiger partial charge in [0.1, 0.15) is 17.8 Å². The zero-order chi connectivity index (χ0) is 18.2. The van der Waals surface area contributed by atoms with Crippen LogP contribution >= 0.6 is 0 Å². The second kappa shape index (κ2) is 6.44. The van der Waals surface area contributed by atoms with Crippen LogP contribution in [0.3, 0.4) is 0 Å². The molecule has 134 valence electrons. The van der Waals surface area contributed by atoms with E-state index in [1.807, 2.05) is 20.8 Å². The molecule has 25 heavy (non-hydrogen) atoms. The second-order valence-electron chi connectivity index (χ2n) is 6.94. The number of aryl methyl sites for hydroxylation is 1. The number of hydrogen-bond acceptors (Lipinski definition) is 5. The zero-order valence-electron chi connectivity index (χ0n) is 14.7. The first-order valence-electron chi connectivity index (χ1n) is 8.38. The molecule has 0 spiro atoms. The lowest BCUT2D eigenvalue weighted by molar-refractivity contribution is -0.131. The van der Waals surface area contributed by atoms with Crippen LogP contribution in [0, 0.1) is 6.92 Å². The van der Waals surface area contributed by atoms with Crippen molar-refractivity contribution >= 4 is 5.91 Å². The third kappa shape index (κ3) is 3.48. The largest absolute Gasteiger partial charge is 0.381 e. The van der Waals surface area contributed by atoms with Gasteiger partial charge < -0.3 is 14.6 Å². The van der Waals surface area contributed by atoms with Gasteiger partial charge in [-0.15, -0.1) is 5.10 Å². The fraction of sp³-hybridized carbons (Fsp3) is 0.529. The molecule has 2 aromatic rings. The topological polar surface area (TPSA) is 93.2 Å². The van der Waals surface area contributed by atoms with E-state index in [1.54, 1.807) is 28.0 Å². The number of hydrogen-bond donors (Lipinski definition) is 1. The number of pyridine rings is 1. The lowest BCUT2D eigenvalue weighted by Crippen LogP contribution is -2.38. The van der Waals surface area contributed by atoms with Crippen LogP contribution in [-0.4, -0.2) is 48.6 Å². The first-order valence-corrected chi connectivity index (χ1v) is 8.38. The van der Waals surface area contributed by atoms with Gasteiger partial charge in [0.2, 0.25) is 5.91 Å². The first kappa shape index (κ1) is 17.3. The number of aromatic nitrogens is 4. The molecule has 1 N–H and O–H groups in total. The minimum atomic E-state index is -1.19. The Morgan fingerprint density at radius 1 is 1.44 bits per heavy atom.